The van der Waals surface area contributed by atoms with Gasteiger partial charge < -0.3 is 25.8 Å². The van der Waals surface area contributed by atoms with E-state index in [0.717, 1.165) is 11.9 Å². The SMILES string of the molecule is C[C-](C)C.Cl.Cl.[C-]1=CC=CC1.[CH3-].[CH3-].[Si]=[Zr].[c-]1cc2ccccc2[nH]1. The molecule has 1 nitrogen and oxygen atoms in total. The zero-order valence-electron chi connectivity index (χ0n) is 15.1. The molecule has 1 aliphatic carbocycles. The Balaban J connectivity index is -0.0000000713. The summed E-state index contributed by atoms with van der Waals surface area (Å²) < 4.78 is 0. The Hall–Kier alpha value is -0.0800. The maximum atomic E-state index is 3.06. The van der Waals surface area contributed by atoms with Gasteiger partial charge in [-0.15, -0.1) is 55.1 Å². The van der Waals surface area contributed by atoms with E-state index in [1.54, 1.807) is 0 Å². The second-order valence-electron chi connectivity index (χ2n) is 4.50. The minimum atomic E-state index is 0. The molecule has 5 heteroatoms. The molecular formula is C19H28Cl2NSiZr-5. The zero-order valence-corrected chi connectivity index (χ0v) is 20.2. The molecule has 0 fully saturated rings. The van der Waals surface area contributed by atoms with Crippen molar-refractivity contribution in [3.63, 3.8) is 0 Å². The first-order valence-corrected chi connectivity index (χ1v) is 10.6. The van der Waals surface area contributed by atoms with Gasteiger partial charge in [-0.25, -0.2) is 12.2 Å². The number of para-hydroxylation sites is 1. The first-order valence-electron chi connectivity index (χ1n) is 6.37. The van der Waals surface area contributed by atoms with Crippen molar-refractivity contribution in [3.05, 3.63) is 81.6 Å². The van der Waals surface area contributed by atoms with Crippen LogP contribution in [0.3, 0.4) is 0 Å². The van der Waals surface area contributed by atoms with E-state index >= 15 is 0 Å². The van der Waals surface area contributed by atoms with Crippen LogP contribution < -0.4 is 0 Å². The summed E-state index contributed by atoms with van der Waals surface area (Å²) in [4.78, 5) is 2.99. The molecule has 1 aliphatic rings. The summed E-state index contributed by atoms with van der Waals surface area (Å²) in [6.07, 6.45) is 12.9. The van der Waals surface area contributed by atoms with Crippen molar-refractivity contribution in [2.45, 2.75) is 27.2 Å². The van der Waals surface area contributed by atoms with Crippen LogP contribution in [0.4, 0.5) is 0 Å². The minimum absolute atomic E-state index is 0. The van der Waals surface area contributed by atoms with Crippen molar-refractivity contribution in [1.82, 2.24) is 4.98 Å². The topological polar surface area (TPSA) is 15.8 Å². The van der Waals surface area contributed by atoms with Crippen molar-refractivity contribution in [2.75, 3.05) is 0 Å². The van der Waals surface area contributed by atoms with Gasteiger partial charge in [-0.3, -0.25) is 6.08 Å². The van der Waals surface area contributed by atoms with E-state index in [-0.39, 0.29) is 39.7 Å². The van der Waals surface area contributed by atoms with E-state index < -0.39 is 0 Å². The number of hydrogen-bond donors (Lipinski definition) is 1. The Kier molecular flexibility index (Phi) is 36.8. The van der Waals surface area contributed by atoms with Gasteiger partial charge in [0.25, 0.3) is 0 Å². The van der Waals surface area contributed by atoms with Gasteiger partial charge in [0.2, 0.25) is 0 Å². The molecule has 0 saturated heterocycles. The molecule has 2 aromatic rings. The van der Waals surface area contributed by atoms with Gasteiger partial charge in [0.1, 0.15) is 0 Å². The summed E-state index contributed by atoms with van der Waals surface area (Å²) in [7, 11) is 0. The van der Waals surface area contributed by atoms with Crippen LogP contribution in [0.5, 0.6) is 0 Å². The van der Waals surface area contributed by atoms with Crippen LogP contribution in [0, 0.1) is 33.0 Å². The minimum Gasteiger partial charge on any atom is -0.477 e. The smallest absolute Gasteiger partial charge is 0.0745 e. The van der Waals surface area contributed by atoms with E-state index in [4.69, 9.17) is 0 Å². The number of nitrogens with one attached hydrogen (secondary N) is 1. The number of aromatic nitrogens is 1. The van der Waals surface area contributed by atoms with Gasteiger partial charge in [0, 0.05) is 0 Å². The summed E-state index contributed by atoms with van der Waals surface area (Å²) in [6, 6.07) is 10.1. The van der Waals surface area contributed by atoms with Gasteiger partial charge >= 0.3 is 30.2 Å². The third-order valence-corrected chi connectivity index (χ3v) is 1.98. The van der Waals surface area contributed by atoms with Crippen molar-refractivity contribution in [1.29, 1.82) is 0 Å². The predicted molar refractivity (Wildman–Crippen MR) is 112 cm³/mol. The Morgan fingerprint density at radius 3 is 2.00 bits per heavy atom. The Morgan fingerprint density at radius 1 is 1.08 bits per heavy atom. The number of benzene rings is 1. The van der Waals surface area contributed by atoms with Crippen LogP contribution in [0.2, 0.25) is 0 Å². The molecule has 0 unspecified atom stereocenters. The molecule has 0 atom stereocenters. The quantitative estimate of drug-likeness (QED) is 0.353. The van der Waals surface area contributed by atoms with Crippen LogP contribution >= 0.6 is 24.8 Å². The molecule has 1 heterocycles. The summed E-state index contributed by atoms with van der Waals surface area (Å²) in [5.41, 5.74) is 1.15. The van der Waals surface area contributed by atoms with E-state index in [1.165, 1.54) is 34.6 Å². The van der Waals surface area contributed by atoms with Gasteiger partial charge in [-0.1, -0.05) is 12.1 Å². The molecule has 2 radical (unpaired) electrons. The van der Waals surface area contributed by atoms with E-state index in [2.05, 4.69) is 57.0 Å². The van der Waals surface area contributed by atoms with Gasteiger partial charge in [-0.05, 0) is 0 Å². The molecule has 0 saturated carbocycles. The molecule has 0 aliphatic heterocycles. The fraction of sp³-hybridized carbons (Fsp3) is 0.211. The normalized spacial score (nSPS) is 9.12. The second kappa shape index (κ2) is 25.2. The fourth-order valence-corrected chi connectivity index (χ4v) is 1.27. The largest absolute Gasteiger partial charge is 0.477 e. The van der Waals surface area contributed by atoms with Crippen molar-refractivity contribution >= 4 is 42.6 Å². The third kappa shape index (κ3) is 20.0. The summed E-state index contributed by atoms with van der Waals surface area (Å²) in [5, 5.41) is 1.22. The maximum Gasteiger partial charge on any atom is -0.0745 e. The van der Waals surface area contributed by atoms with Crippen LogP contribution in [-0.2, 0) is 23.3 Å². The number of rotatable bonds is 0. The number of aromatic amines is 1. The number of hydrogen-bond acceptors (Lipinski definition) is 0. The van der Waals surface area contributed by atoms with Crippen molar-refractivity contribution < 1.29 is 23.3 Å². The monoisotopic (exact) mass is 458 g/mol. The summed E-state index contributed by atoms with van der Waals surface area (Å²) in [6.45, 7) is 9.31. The van der Waals surface area contributed by atoms with Crippen molar-refractivity contribution in [2.24, 2.45) is 0 Å². The Labute approximate surface area is 178 Å². The third-order valence-electron chi connectivity index (χ3n) is 1.98. The molecule has 0 spiro atoms. The molecule has 24 heavy (non-hydrogen) atoms. The zero-order chi connectivity index (χ0) is 15.2. The molecule has 1 aromatic carbocycles. The van der Waals surface area contributed by atoms with Crippen LogP contribution in [0.1, 0.15) is 27.2 Å². The number of fused-ring (bicyclic) bond motifs is 1. The van der Waals surface area contributed by atoms with E-state index in [0.29, 0.717) is 0 Å². The second-order valence-corrected chi connectivity index (χ2v) is 4.50. The molecule has 0 amide bonds. The predicted octanol–water partition coefficient (Wildman–Crippen LogP) is 6.26. The number of halogens is 2. The fourth-order valence-electron chi connectivity index (χ4n) is 1.27. The number of H-pyrrole nitrogens is 1. The van der Waals surface area contributed by atoms with Gasteiger partial charge in [-0.2, -0.15) is 38.3 Å². The van der Waals surface area contributed by atoms with Crippen molar-refractivity contribution in [3.8, 4) is 0 Å². The Bertz CT molecular complexity index is 482. The average molecular weight is 461 g/mol. The molecule has 136 valence electrons. The van der Waals surface area contributed by atoms with Crippen LogP contribution in [0.15, 0.2) is 48.6 Å². The molecular weight excluding hydrogens is 432 g/mol. The Morgan fingerprint density at radius 2 is 1.62 bits per heavy atom. The molecule has 3 rings (SSSR count). The van der Waals surface area contributed by atoms with E-state index in [1.807, 2.05) is 36.4 Å². The summed E-state index contributed by atoms with van der Waals surface area (Å²) in [5.74, 6) is 1.42. The molecule has 1 aromatic heterocycles. The van der Waals surface area contributed by atoms with Crippen LogP contribution in [-0.4, -0.2) is 11.9 Å². The first-order chi connectivity index (χ1) is 9.70. The van der Waals surface area contributed by atoms with Gasteiger partial charge in [0.05, 0.1) is 0 Å². The van der Waals surface area contributed by atoms with Crippen LogP contribution in [0.25, 0.3) is 10.9 Å². The molecule has 0 bridgehead atoms. The maximum absolute atomic E-state index is 3.06. The summed E-state index contributed by atoms with van der Waals surface area (Å²) >= 11 is 1.36. The first kappa shape index (κ1) is 35.1. The standard InChI is InChI=1S/C8H6N.C5H5.C4H9.2CH3.2ClH.Si.Zr/c1-2-4-8-7(3-1)5-6-9-8;1-2-4-5-3-1;1-4(2)3;;;;;;/h1-5,9H;1-3H,4H2;1-3H3;2*1H3;2*1H;;/q5*-1;;;;. The van der Waals surface area contributed by atoms with E-state index in [9.17, 15) is 0 Å². The average Bonchev–Trinajstić information content (AvgIpc) is 3.15. The van der Waals surface area contributed by atoms with Gasteiger partial charge in [0.15, 0.2) is 0 Å². The number of allylic oxidation sites excluding steroid dienone is 4. The molecule has 1 N–H and O–H groups in total.